The second kappa shape index (κ2) is 6.39. The Morgan fingerprint density at radius 3 is 2.72 bits per heavy atom. The first kappa shape index (κ1) is 14.5. The number of carboxylic acids is 1. The zero-order chi connectivity index (χ0) is 13.7. The summed E-state index contributed by atoms with van der Waals surface area (Å²) in [4.78, 5) is 11.1. The Hall–Kier alpha value is -1.56. The molecule has 0 radical (unpaired) electrons. The smallest absolute Gasteiger partial charge is 0.337 e. The number of ether oxygens (including phenoxy) is 1. The van der Waals surface area contributed by atoms with Crippen LogP contribution in [0.5, 0.6) is 5.75 Å². The van der Waals surface area contributed by atoms with Gasteiger partial charge in [-0.15, -0.1) is 0 Å². The van der Waals surface area contributed by atoms with E-state index in [1.807, 2.05) is 6.92 Å². The molecule has 100 valence electrons. The summed E-state index contributed by atoms with van der Waals surface area (Å²) in [6.45, 7) is 2.28. The van der Waals surface area contributed by atoms with Gasteiger partial charge >= 0.3 is 5.97 Å². The van der Waals surface area contributed by atoms with Gasteiger partial charge in [-0.05, 0) is 19.1 Å². The molecule has 2 N–H and O–H groups in total. The average Bonchev–Trinajstić information content (AvgIpc) is 2.34. The minimum Gasteiger partial charge on any atom is -0.497 e. The minimum atomic E-state index is -1.01. The topological polar surface area (TPSA) is 75.6 Å². The van der Waals surface area contributed by atoms with Crippen LogP contribution in [0.1, 0.15) is 17.3 Å². The van der Waals surface area contributed by atoms with Gasteiger partial charge in [0.15, 0.2) is 0 Å². The van der Waals surface area contributed by atoms with Crippen LogP contribution in [0.4, 0.5) is 5.69 Å². The SMILES string of the molecule is COc1ccc(C(=O)O)c(NCC(C)S(C)=O)c1. The predicted molar refractivity (Wildman–Crippen MR) is 72.0 cm³/mol. The molecule has 1 rings (SSSR count). The summed E-state index contributed by atoms with van der Waals surface area (Å²) in [6, 6.07) is 4.70. The number of methoxy groups -OCH3 is 1. The summed E-state index contributed by atoms with van der Waals surface area (Å²) in [6.07, 6.45) is 1.62. The van der Waals surface area contributed by atoms with Gasteiger partial charge in [-0.3, -0.25) is 4.21 Å². The van der Waals surface area contributed by atoms with E-state index < -0.39 is 16.8 Å². The summed E-state index contributed by atoms with van der Waals surface area (Å²) >= 11 is 0. The Bertz CT molecular complexity index is 461. The summed E-state index contributed by atoms with van der Waals surface area (Å²) in [5, 5.41) is 12.0. The van der Waals surface area contributed by atoms with E-state index in [9.17, 15) is 9.00 Å². The molecular formula is C12H17NO4S. The molecule has 0 spiro atoms. The van der Waals surface area contributed by atoms with E-state index in [1.165, 1.54) is 13.2 Å². The number of anilines is 1. The molecule has 2 unspecified atom stereocenters. The highest BCUT2D eigenvalue weighted by Gasteiger charge is 2.13. The van der Waals surface area contributed by atoms with Crippen molar-refractivity contribution in [2.75, 3.05) is 25.2 Å². The van der Waals surface area contributed by atoms with Crippen LogP contribution in [0.25, 0.3) is 0 Å². The van der Waals surface area contributed by atoms with Crippen molar-refractivity contribution >= 4 is 22.5 Å². The van der Waals surface area contributed by atoms with E-state index in [-0.39, 0.29) is 10.8 Å². The van der Waals surface area contributed by atoms with Crippen LogP contribution >= 0.6 is 0 Å². The van der Waals surface area contributed by atoms with Gasteiger partial charge in [0, 0.05) is 34.9 Å². The number of benzene rings is 1. The number of nitrogens with one attached hydrogen (secondary N) is 1. The quantitative estimate of drug-likeness (QED) is 0.821. The number of hydrogen-bond donors (Lipinski definition) is 2. The van der Waals surface area contributed by atoms with Crippen LogP contribution in [0.3, 0.4) is 0 Å². The van der Waals surface area contributed by atoms with Crippen LogP contribution in [0.2, 0.25) is 0 Å². The Balaban J connectivity index is 2.90. The second-order valence-electron chi connectivity index (χ2n) is 3.91. The monoisotopic (exact) mass is 271 g/mol. The van der Waals surface area contributed by atoms with E-state index in [0.29, 0.717) is 18.0 Å². The molecule has 0 saturated carbocycles. The Morgan fingerprint density at radius 1 is 1.56 bits per heavy atom. The summed E-state index contributed by atoms with van der Waals surface area (Å²) in [5.41, 5.74) is 0.643. The van der Waals surface area contributed by atoms with Gasteiger partial charge in [-0.1, -0.05) is 0 Å². The number of hydrogen-bond acceptors (Lipinski definition) is 4. The fourth-order valence-electron chi connectivity index (χ4n) is 1.35. The van der Waals surface area contributed by atoms with Gasteiger partial charge in [0.1, 0.15) is 5.75 Å². The molecule has 0 amide bonds. The highest BCUT2D eigenvalue weighted by molar-refractivity contribution is 7.84. The van der Waals surface area contributed by atoms with Crippen molar-refractivity contribution < 1.29 is 18.8 Å². The first-order valence-electron chi connectivity index (χ1n) is 5.43. The normalized spacial score (nSPS) is 13.7. The Kier molecular flexibility index (Phi) is 5.15. The van der Waals surface area contributed by atoms with Crippen molar-refractivity contribution in [1.82, 2.24) is 0 Å². The molecule has 5 nitrogen and oxygen atoms in total. The molecule has 18 heavy (non-hydrogen) atoms. The maximum Gasteiger partial charge on any atom is 0.337 e. The van der Waals surface area contributed by atoms with Crippen LogP contribution < -0.4 is 10.1 Å². The lowest BCUT2D eigenvalue weighted by atomic mass is 10.1. The molecule has 0 aromatic heterocycles. The van der Waals surface area contributed by atoms with E-state index in [1.54, 1.807) is 18.4 Å². The molecule has 0 heterocycles. The zero-order valence-electron chi connectivity index (χ0n) is 10.6. The molecule has 0 fully saturated rings. The van der Waals surface area contributed by atoms with Crippen molar-refractivity contribution in [3.63, 3.8) is 0 Å². The fraction of sp³-hybridized carbons (Fsp3) is 0.417. The Morgan fingerprint density at radius 2 is 2.22 bits per heavy atom. The van der Waals surface area contributed by atoms with Gasteiger partial charge < -0.3 is 15.2 Å². The highest BCUT2D eigenvalue weighted by atomic mass is 32.2. The van der Waals surface area contributed by atoms with Crippen molar-refractivity contribution in [2.24, 2.45) is 0 Å². The molecule has 0 bridgehead atoms. The number of aromatic carboxylic acids is 1. The molecule has 1 aromatic rings. The van der Waals surface area contributed by atoms with Gasteiger partial charge in [0.05, 0.1) is 18.4 Å². The summed E-state index contributed by atoms with van der Waals surface area (Å²) in [7, 11) is 0.568. The second-order valence-corrected chi connectivity index (χ2v) is 5.71. The molecule has 1 aromatic carbocycles. The largest absolute Gasteiger partial charge is 0.497 e. The van der Waals surface area contributed by atoms with Crippen LogP contribution in [-0.4, -0.2) is 40.4 Å². The third kappa shape index (κ3) is 3.73. The summed E-state index contributed by atoms with van der Waals surface area (Å²) < 4.78 is 16.3. The fourth-order valence-corrected chi connectivity index (χ4v) is 1.67. The third-order valence-corrected chi connectivity index (χ3v) is 3.90. The molecule has 0 aliphatic carbocycles. The van der Waals surface area contributed by atoms with Crippen LogP contribution in [0, 0.1) is 0 Å². The van der Waals surface area contributed by atoms with Gasteiger partial charge in [0.2, 0.25) is 0 Å². The first-order valence-corrected chi connectivity index (χ1v) is 7.05. The van der Waals surface area contributed by atoms with E-state index in [4.69, 9.17) is 9.84 Å². The van der Waals surface area contributed by atoms with E-state index >= 15 is 0 Å². The van der Waals surface area contributed by atoms with Crippen molar-refractivity contribution in [1.29, 1.82) is 0 Å². The highest BCUT2D eigenvalue weighted by Crippen LogP contribution is 2.22. The molecule has 0 aliphatic rings. The Labute approximate surface area is 109 Å². The lowest BCUT2D eigenvalue weighted by Gasteiger charge is -2.14. The van der Waals surface area contributed by atoms with Crippen molar-refractivity contribution in [3.8, 4) is 5.75 Å². The molecule has 2 atom stereocenters. The minimum absolute atomic E-state index is 0.0576. The number of carboxylic acid groups (broad SMARTS) is 1. The van der Waals surface area contributed by atoms with E-state index in [0.717, 1.165) is 0 Å². The molecule has 0 saturated heterocycles. The average molecular weight is 271 g/mol. The maximum atomic E-state index is 11.2. The standard InChI is InChI=1S/C12H17NO4S/c1-8(18(3)16)7-13-11-6-9(17-2)4-5-10(11)12(14)15/h4-6,8,13H,7H2,1-3H3,(H,14,15). The molecular weight excluding hydrogens is 254 g/mol. The third-order valence-electron chi connectivity index (χ3n) is 2.60. The lowest BCUT2D eigenvalue weighted by Crippen LogP contribution is -2.21. The molecule has 0 aliphatic heterocycles. The van der Waals surface area contributed by atoms with Gasteiger partial charge in [-0.25, -0.2) is 4.79 Å². The first-order chi connectivity index (χ1) is 8.45. The van der Waals surface area contributed by atoms with Crippen LogP contribution in [0.15, 0.2) is 18.2 Å². The maximum absolute atomic E-state index is 11.2. The van der Waals surface area contributed by atoms with Crippen molar-refractivity contribution in [2.45, 2.75) is 12.2 Å². The van der Waals surface area contributed by atoms with Gasteiger partial charge in [0.25, 0.3) is 0 Å². The van der Waals surface area contributed by atoms with E-state index in [2.05, 4.69) is 5.32 Å². The number of rotatable bonds is 6. The lowest BCUT2D eigenvalue weighted by molar-refractivity contribution is 0.0698. The zero-order valence-corrected chi connectivity index (χ0v) is 11.4. The van der Waals surface area contributed by atoms with Gasteiger partial charge in [-0.2, -0.15) is 0 Å². The van der Waals surface area contributed by atoms with Crippen molar-refractivity contribution in [3.05, 3.63) is 23.8 Å². The summed E-state index contributed by atoms with van der Waals surface area (Å²) in [5.74, 6) is -0.432. The number of carbonyl (C=O) groups is 1. The van der Waals surface area contributed by atoms with Crippen LogP contribution in [-0.2, 0) is 10.8 Å². The molecule has 6 heteroatoms. The predicted octanol–water partition coefficient (Wildman–Crippen LogP) is 1.57.